The zero-order chi connectivity index (χ0) is 16.1. The number of likely N-dealkylation sites (tertiary alicyclic amines) is 1. The van der Waals surface area contributed by atoms with Crippen molar-refractivity contribution in [2.45, 2.75) is 26.8 Å². The van der Waals surface area contributed by atoms with E-state index in [1.165, 1.54) is 0 Å². The second-order valence-electron chi connectivity index (χ2n) is 6.16. The molecule has 1 unspecified atom stereocenters. The smallest absolute Gasteiger partial charge is 0.225 e. The highest BCUT2D eigenvalue weighted by molar-refractivity contribution is 5.89. The maximum atomic E-state index is 12.2. The van der Waals surface area contributed by atoms with Gasteiger partial charge in [0.2, 0.25) is 11.8 Å². The first-order valence-corrected chi connectivity index (χ1v) is 7.68. The number of carbonyl (C=O) groups excluding carboxylic acids is 2. The first kappa shape index (κ1) is 16.3. The van der Waals surface area contributed by atoms with Crippen molar-refractivity contribution in [3.63, 3.8) is 0 Å². The minimum Gasteiger partial charge on any atom is -0.497 e. The summed E-state index contributed by atoms with van der Waals surface area (Å²) in [5.74, 6) is 0.975. The van der Waals surface area contributed by atoms with Crippen LogP contribution >= 0.6 is 0 Å². The molecule has 1 aliphatic rings. The normalized spacial score (nSPS) is 17.9. The van der Waals surface area contributed by atoms with E-state index in [1.54, 1.807) is 12.0 Å². The van der Waals surface area contributed by atoms with E-state index in [0.717, 1.165) is 17.9 Å². The standard InChI is InChI=1S/C17H24N2O3/c1-12(2)10-19-11-14(8-16(19)20)17(21)18-9-13-5-4-6-15(7-13)22-3/h4-7,12,14H,8-11H2,1-3H3,(H,18,21). The predicted octanol–water partition coefficient (Wildman–Crippen LogP) is 1.82. The Morgan fingerprint density at radius 3 is 2.91 bits per heavy atom. The monoisotopic (exact) mass is 304 g/mol. The number of nitrogens with zero attached hydrogens (tertiary/aromatic N) is 1. The van der Waals surface area contributed by atoms with E-state index in [1.807, 2.05) is 24.3 Å². The SMILES string of the molecule is COc1cccc(CNC(=O)C2CC(=O)N(CC(C)C)C2)c1. The van der Waals surface area contributed by atoms with Gasteiger partial charge in [0.25, 0.3) is 0 Å². The molecule has 5 heteroatoms. The summed E-state index contributed by atoms with van der Waals surface area (Å²) in [6.07, 6.45) is 0.316. The van der Waals surface area contributed by atoms with Crippen molar-refractivity contribution in [2.75, 3.05) is 20.2 Å². The fraction of sp³-hybridized carbons (Fsp3) is 0.529. The minimum absolute atomic E-state index is 0.0533. The molecule has 0 spiro atoms. The van der Waals surface area contributed by atoms with Crippen LogP contribution in [-0.2, 0) is 16.1 Å². The van der Waals surface area contributed by atoms with Gasteiger partial charge in [-0.2, -0.15) is 0 Å². The second kappa shape index (κ2) is 7.29. The molecule has 1 aromatic carbocycles. The highest BCUT2D eigenvalue weighted by atomic mass is 16.5. The van der Waals surface area contributed by atoms with Crippen LogP contribution in [0.3, 0.4) is 0 Å². The van der Waals surface area contributed by atoms with Gasteiger partial charge in [-0.05, 0) is 23.6 Å². The summed E-state index contributed by atoms with van der Waals surface area (Å²) in [6, 6.07) is 7.59. The molecule has 1 heterocycles. The summed E-state index contributed by atoms with van der Waals surface area (Å²) in [6.45, 7) is 5.84. The van der Waals surface area contributed by atoms with Crippen LogP contribution in [0.5, 0.6) is 5.75 Å². The number of amides is 2. The zero-order valence-corrected chi connectivity index (χ0v) is 13.5. The molecule has 120 valence electrons. The Bertz CT molecular complexity index is 542. The molecule has 1 aliphatic heterocycles. The molecule has 0 aliphatic carbocycles. The van der Waals surface area contributed by atoms with Crippen molar-refractivity contribution in [1.29, 1.82) is 0 Å². The Hall–Kier alpha value is -2.04. The number of methoxy groups -OCH3 is 1. The number of rotatable bonds is 6. The topological polar surface area (TPSA) is 58.6 Å². The number of hydrogen-bond acceptors (Lipinski definition) is 3. The van der Waals surface area contributed by atoms with Crippen molar-refractivity contribution >= 4 is 11.8 Å². The molecule has 1 fully saturated rings. The number of benzene rings is 1. The van der Waals surface area contributed by atoms with Gasteiger partial charge in [0.1, 0.15) is 5.75 Å². The van der Waals surface area contributed by atoms with Crippen LogP contribution in [0, 0.1) is 11.8 Å². The fourth-order valence-electron chi connectivity index (χ4n) is 2.68. The Balaban J connectivity index is 1.86. The average Bonchev–Trinajstić information content (AvgIpc) is 2.85. The third-order valence-corrected chi connectivity index (χ3v) is 3.77. The fourth-order valence-corrected chi connectivity index (χ4v) is 2.68. The van der Waals surface area contributed by atoms with Crippen molar-refractivity contribution in [3.05, 3.63) is 29.8 Å². The van der Waals surface area contributed by atoms with Gasteiger partial charge in [-0.3, -0.25) is 9.59 Å². The summed E-state index contributed by atoms with van der Waals surface area (Å²) >= 11 is 0. The molecule has 5 nitrogen and oxygen atoms in total. The van der Waals surface area contributed by atoms with E-state index in [4.69, 9.17) is 4.74 Å². The van der Waals surface area contributed by atoms with Crippen LogP contribution in [0.2, 0.25) is 0 Å². The Kier molecular flexibility index (Phi) is 5.41. The minimum atomic E-state index is -0.239. The molecule has 0 radical (unpaired) electrons. The lowest BCUT2D eigenvalue weighted by Gasteiger charge is -2.18. The summed E-state index contributed by atoms with van der Waals surface area (Å²) < 4.78 is 5.16. The number of hydrogen-bond donors (Lipinski definition) is 1. The van der Waals surface area contributed by atoms with E-state index >= 15 is 0 Å². The molecule has 2 rings (SSSR count). The molecule has 0 aromatic heterocycles. The van der Waals surface area contributed by atoms with E-state index < -0.39 is 0 Å². The zero-order valence-electron chi connectivity index (χ0n) is 13.5. The van der Waals surface area contributed by atoms with Crippen LogP contribution in [0.4, 0.5) is 0 Å². The Morgan fingerprint density at radius 2 is 2.23 bits per heavy atom. The summed E-state index contributed by atoms with van der Waals surface area (Å²) in [4.78, 5) is 25.9. The van der Waals surface area contributed by atoms with Crippen LogP contribution in [0.15, 0.2) is 24.3 Å². The van der Waals surface area contributed by atoms with Gasteiger partial charge in [-0.15, -0.1) is 0 Å². The van der Waals surface area contributed by atoms with Gasteiger partial charge in [0.15, 0.2) is 0 Å². The van der Waals surface area contributed by atoms with Crippen molar-refractivity contribution in [3.8, 4) is 5.75 Å². The van der Waals surface area contributed by atoms with Crippen molar-refractivity contribution < 1.29 is 14.3 Å². The average molecular weight is 304 g/mol. The van der Waals surface area contributed by atoms with Crippen LogP contribution in [-0.4, -0.2) is 36.9 Å². The van der Waals surface area contributed by atoms with E-state index in [9.17, 15) is 9.59 Å². The number of ether oxygens (including phenoxy) is 1. The van der Waals surface area contributed by atoms with Gasteiger partial charge in [0.05, 0.1) is 13.0 Å². The highest BCUT2D eigenvalue weighted by Gasteiger charge is 2.34. The van der Waals surface area contributed by atoms with Gasteiger partial charge >= 0.3 is 0 Å². The Labute approximate surface area is 131 Å². The summed E-state index contributed by atoms with van der Waals surface area (Å²) in [5, 5.41) is 2.91. The largest absolute Gasteiger partial charge is 0.497 e. The molecule has 1 atom stereocenters. The van der Waals surface area contributed by atoms with E-state index in [-0.39, 0.29) is 17.7 Å². The molecule has 2 amide bonds. The molecular weight excluding hydrogens is 280 g/mol. The molecule has 1 N–H and O–H groups in total. The van der Waals surface area contributed by atoms with Crippen LogP contribution in [0.1, 0.15) is 25.8 Å². The molecule has 0 saturated carbocycles. The van der Waals surface area contributed by atoms with Gasteiger partial charge in [0, 0.05) is 26.1 Å². The van der Waals surface area contributed by atoms with Gasteiger partial charge < -0.3 is 15.0 Å². The van der Waals surface area contributed by atoms with Crippen molar-refractivity contribution in [2.24, 2.45) is 11.8 Å². The number of nitrogens with one attached hydrogen (secondary N) is 1. The van der Waals surface area contributed by atoms with Crippen LogP contribution < -0.4 is 10.1 Å². The van der Waals surface area contributed by atoms with Gasteiger partial charge in [-0.25, -0.2) is 0 Å². The quantitative estimate of drug-likeness (QED) is 0.872. The maximum Gasteiger partial charge on any atom is 0.225 e. The second-order valence-corrected chi connectivity index (χ2v) is 6.16. The summed E-state index contributed by atoms with van der Waals surface area (Å²) in [7, 11) is 1.62. The van der Waals surface area contributed by atoms with E-state index in [2.05, 4.69) is 19.2 Å². The molecule has 22 heavy (non-hydrogen) atoms. The lowest BCUT2D eigenvalue weighted by Crippen LogP contribution is -2.33. The lowest BCUT2D eigenvalue weighted by atomic mass is 10.1. The summed E-state index contributed by atoms with van der Waals surface area (Å²) in [5.41, 5.74) is 0.982. The molecule has 1 saturated heterocycles. The van der Waals surface area contributed by atoms with Crippen LogP contribution in [0.25, 0.3) is 0 Å². The van der Waals surface area contributed by atoms with Crippen molar-refractivity contribution in [1.82, 2.24) is 10.2 Å². The first-order valence-electron chi connectivity index (χ1n) is 7.68. The molecule has 0 bridgehead atoms. The molecular formula is C17H24N2O3. The first-order chi connectivity index (χ1) is 10.5. The highest BCUT2D eigenvalue weighted by Crippen LogP contribution is 2.19. The lowest BCUT2D eigenvalue weighted by molar-refractivity contribution is -0.129. The third-order valence-electron chi connectivity index (χ3n) is 3.77. The molecule has 1 aromatic rings. The Morgan fingerprint density at radius 1 is 1.45 bits per heavy atom. The predicted molar refractivity (Wildman–Crippen MR) is 84.4 cm³/mol. The maximum absolute atomic E-state index is 12.2. The van der Waals surface area contributed by atoms with Gasteiger partial charge in [-0.1, -0.05) is 26.0 Å². The number of carbonyl (C=O) groups is 2. The van der Waals surface area contributed by atoms with E-state index in [0.29, 0.717) is 25.4 Å². The third kappa shape index (κ3) is 4.23.